The zero-order valence-corrected chi connectivity index (χ0v) is 12.3. The van der Waals surface area contributed by atoms with Gasteiger partial charge in [0.05, 0.1) is 12.8 Å². The minimum atomic E-state index is 0.841. The molecule has 0 fully saturated rings. The van der Waals surface area contributed by atoms with Gasteiger partial charge in [-0.3, -0.25) is 0 Å². The molecule has 0 spiro atoms. The van der Waals surface area contributed by atoms with Crippen molar-refractivity contribution in [2.24, 2.45) is 0 Å². The van der Waals surface area contributed by atoms with Gasteiger partial charge in [-0.15, -0.1) is 0 Å². The lowest BCUT2D eigenvalue weighted by atomic mass is 10.0. The molecular weight excluding hydrogens is 250 g/mol. The number of nitrogens with one attached hydrogen (secondary N) is 1. The number of hydrogen-bond acceptors (Lipinski definition) is 4. The molecule has 0 bridgehead atoms. The second-order valence-electron chi connectivity index (χ2n) is 4.56. The minimum absolute atomic E-state index is 0.841. The predicted molar refractivity (Wildman–Crippen MR) is 82.2 cm³/mol. The maximum absolute atomic E-state index is 5.29. The molecule has 0 atom stereocenters. The Morgan fingerprint density at radius 3 is 2.75 bits per heavy atom. The van der Waals surface area contributed by atoms with E-state index in [9.17, 15) is 0 Å². The van der Waals surface area contributed by atoms with E-state index in [0.717, 1.165) is 42.2 Å². The first-order chi connectivity index (χ1) is 9.80. The summed E-state index contributed by atoms with van der Waals surface area (Å²) < 4.78 is 5.29. The van der Waals surface area contributed by atoms with E-state index < -0.39 is 0 Å². The fraction of sp³-hybridized carbons (Fsp3) is 0.375. The Morgan fingerprint density at radius 1 is 1.20 bits per heavy atom. The maximum atomic E-state index is 5.29. The van der Waals surface area contributed by atoms with Gasteiger partial charge in [-0.1, -0.05) is 25.5 Å². The Bertz CT molecular complexity index is 569. The number of hydrogen-bond donors (Lipinski definition) is 1. The average molecular weight is 271 g/mol. The van der Waals surface area contributed by atoms with Crippen LogP contribution >= 0.6 is 0 Å². The van der Waals surface area contributed by atoms with Gasteiger partial charge >= 0.3 is 0 Å². The van der Waals surface area contributed by atoms with Gasteiger partial charge < -0.3 is 10.1 Å². The second kappa shape index (κ2) is 6.89. The van der Waals surface area contributed by atoms with E-state index in [-0.39, 0.29) is 0 Å². The largest absolute Gasteiger partial charge is 0.497 e. The van der Waals surface area contributed by atoms with Gasteiger partial charge in [-0.25, -0.2) is 9.97 Å². The van der Waals surface area contributed by atoms with Crippen molar-refractivity contribution in [3.05, 3.63) is 36.2 Å². The highest BCUT2D eigenvalue weighted by Gasteiger charge is 2.12. The van der Waals surface area contributed by atoms with Crippen LogP contribution in [0.5, 0.6) is 5.75 Å². The third-order valence-corrected chi connectivity index (χ3v) is 3.13. The lowest BCUT2D eigenvalue weighted by Crippen LogP contribution is -2.06. The summed E-state index contributed by atoms with van der Waals surface area (Å²) in [6, 6.07) is 7.99. The summed E-state index contributed by atoms with van der Waals surface area (Å²) in [6.07, 6.45) is 3.63. The molecular formula is C16H21N3O. The third-order valence-electron chi connectivity index (χ3n) is 3.13. The van der Waals surface area contributed by atoms with Crippen molar-refractivity contribution in [2.45, 2.75) is 26.7 Å². The van der Waals surface area contributed by atoms with Gasteiger partial charge in [-0.2, -0.15) is 0 Å². The van der Waals surface area contributed by atoms with Gasteiger partial charge in [0.2, 0.25) is 0 Å². The molecule has 2 rings (SSSR count). The number of ether oxygens (including phenoxy) is 1. The Morgan fingerprint density at radius 2 is 2.05 bits per heavy atom. The monoisotopic (exact) mass is 271 g/mol. The quantitative estimate of drug-likeness (QED) is 0.873. The standard InChI is InChI=1S/C16H21N3O/c1-4-7-14-15(18-11-19-16(14)17-5-2)12-8-6-9-13(10-12)20-3/h6,8-11H,4-5,7H2,1-3H3,(H,17,18,19). The Hall–Kier alpha value is -2.10. The molecule has 4 heteroatoms. The Labute approximate surface area is 120 Å². The number of anilines is 1. The highest BCUT2D eigenvalue weighted by molar-refractivity contribution is 5.69. The molecule has 1 aromatic heterocycles. The highest BCUT2D eigenvalue weighted by atomic mass is 16.5. The molecule has 4 nitrogen and oxygen atoms in total. The fourth-order valence-electron chi connectivity index (χ4n) is 2.24. The summed E-state index contributed by atoms with van der Waals surface area (Å²) in [5, 5.41) is 3.32. The molecule has 106 valence electrons. The van der Waals surface area contributed by atoms with Crippen LogP contribution in [0, 0.1) is 0 Å². The van der Waals surface area contributed by atoms with Crippen molar-refractivity contribution >= 4 is 5.82 Å². The number of benzene rings is 1. The number of nitrogens with zero attached hydrogens (tertiary/aromatic N) is 2. The first-order valence-corrected chi connectivity index (χ1v) is 7.02. The minimum Gasteiger partial charge on any atom is -0.497 e. The highest BCUT2D eigenvalue weighted by Crippen LogP contribution is 2.29. The molecule has 1 heterocycles. The van der Waals surface area contributed by atoms with Crippen molar-refractivity contribution < 1.29 is 4.74 Å². The average Bonchev–Trinajstić information content (AvgIpc) is 2.49. The molecule has 0 amide bonds. The van der Waals surface area contributed by atoms with E-state index in [4.69, 9.17) is 4.74 Å². The fourth-order valence-corrected chi connectivity index (χ4v) is 2.24. The smallest absolute Gasteiger partial charge is 0.133 e. The topological polar surface area (TPSA) is 47.0 Å². The van der Waals surface area contributed by atoms with Crippen LogP contribution in [0.1, 0.15) is 25.8 Å². The lowest BCUT2D eigenvalue weighted by molar-refractivity contribution is 0.415. The van der Waals surface area contributed by atoms with E-state index >= 15 is 0 Å². The summed E-state index contributed by atoms with van der Waals surface area (Å²) >= 11 is 0. The SMILES string of the molecule is CCCc1c(NCC)ncnc1-c1cccc(OC)c1. The molecule has 1 N–H and O–H groups in total. The van der Waals surface area contributed by atoms with Crippen LogP contribution < -0.4 is 10.1 Å². The van der Waals surface area contributed by atoms with Gasteiger partial charge in [-0.05, 0) is 25.5 Å². The molecule has 0 aliphatic carbocycles. The first-order valence-electron chi connectivity index (χ1n) is 7.02. The zero-order chi connectivity index (χ0) is 14.4. The normalized spacial score (nSPS) is 10.3. The Balaban J connectivity index is 2.51. The van der Waals surface area contributed by atoms with E-state index in [1.165, 1.54) is 5.56 Å². The van der Waals surface area contributed by atoms with Gasteiger partial charge in [0.25, 0.3) is 0 Å². The molecule has 0 saturated carbocycles. The van der Waals surface area contributed by atoms with E-state index in [1.54, 1.807) is 13.4 Å². The lowest BCUT2D eigenvalue weighted by Gasteiger charge is -2.13. The summed E-state index contributed by atoms with van der Waals surface area (Å²) in [4.78, 5) is 8.84. The Kier molecular flexibility index (Phi) is 4.93. The van der Waals surface area contributed by atoms with Crippen LogP contribution in [0.25, 0.3) is 11.3 Å². The number of rotatable bonds is 6. The van der Waals surface area contributed by atoms with Crippen LogP contribution in [0.4, 0.5) is 5.82 Å². The first kappa shape index (κ1) is 14.3. The van der Waals surface area contributed by atoms with Crippen molar-refractivity contribution in [3.8, 4) is 17.0 Å². The molecule has 0 aliphatic heterocycles. The molecule has 1 aromatic carbocycles. The molecule has 20 heavy (non-hydrogen) atoms. The van der Waals surface area contributed by atoms with Crippen LogP contribution in [0.3, 0.4) is 0 Å². The summed E-state index contributed by atoms with van der Waals surface area (Å²) in [5.74, 6) is 1.77. The second-order valence-corrected chi connectivity index (χ2v) is 4.56. The van der Waals surface area contributed by atoms with Crippen LogP contribution in [0.2, 0.25) is 0 Å². The van der Waals surface area contributed by atoms with E-state index in [2.05, 4.69) is 35.2 Å². The number of methoxy groups -OCH3 is 1. The summed E-state index contributed by atoms with van der Waals surface area (Å²) in [7, 11) is 1.68. The predicted octanol–water partition coefficient (Wildman–Crippen LogP) is 3.54. The maximum Gasteiger partial charge on any atom is 0.133 e. The van der Waals surface area contributed by atoms with Crippen LogP contribution in [0.15, 0.2) is 30.6 Å². The van der Waals surface area contributed by atoms with Gasteiger partial charge in [0, 0.05) is 17.7 Å². The van der Waals surface area contributed by atoms with Crippen molar-refractivity contribution in [3.63, 3.8) is 0 Å². The van der Waals surface area contributed by atoms with Crippen molar-refractivity contribution in [1.82, 2.24) is 9.97 Å². The number of aromatic nitrogens is 2. The molecule has 0 aliphatic rings. The molecule has 2 aromatic rings. The van der Waals surface area contributed by atoms with Crippen molar-refractivity contribution in [2.75, 3.05) is 19.0 Å². The molecule has 0 radical (unpaired) electrons. The molecule has 0 saturated heterocycles. The van der Waals surface area contributed by atoms with E-state index in [0.29, 0.717) is 0 Å². The van der Waals surface area contributed by atoms with E-state index in [1.807, 2.05) is 18.2 Å². The van der Waals surface area contributed by atoms with Gasteiger partial charge in [0.15, 0.2) is 0 Å². The van der Waals surface area contributed by atoms with Crippen LogP contribution in [-0.4, -0.2) is 23.6 Å². The summed E-state index contributed by atoms with van der Waals surface area (Å²) in [6.45, 7) is 5.09. The zero-order valence-electron chi connectivity index (χ0n) is 12.3. The third kappa shape index (κ3) is 3.07. The summed E-state index contributed by atoms with van der Waals surface area (Å²) in [5.41, 5.74) is 3.22. The van der Waals surface area contributed by atoms with Crippen molar-refractivity contribution in [1.29, 1.82) is 0 Å². The van der Waals surface area contributed by atoms with Gasteiger partial charge in [0.1, 0.15) is 17.9 Å². The molecule has 0 unspecified atom stereocenters. The van der Waals surface area contributed by atoms with Crippen LogP contribution in [-0.2, 0) is 6.42 Å².